The highest BCUT2D eigenvalue weighted by Gasteiger charge is 2.12. The molecule has 0 aliphatic rings. The molecule has 3 aromatic rings. The van der Waals surface area contributed by atoms with Crippen LogP contribution in [0.25, 0.3) is 22.4 Å². The summed E-state index contributed by atoms with van der Waals surface area (Å²) in [5, 5.41) is 12.0. The number of H-pyrrole nitrogens is 1. The molecule has 5 nitrogen and oxygen atoms in total. The Morgan fingerprint density at radius 3 is 2.75 bits per heavy atom. The molecule has 0 amide bonds. The summed E-state index contributed by atoms with van der Waals surface area (Å²) in [6.45, 7) is 0. The highest BCUT2D eigenvalue weighted by molar-refractivity contribution is 5.92. The van der Waals surface area contributed by atoms with Crippen molar-refractivity contribution in [3.8, 4) is 11.4 Å². The Bertz CT molecular complexity index is 760. The van der Waals surface area contributed by atoms with Crippen molar-refractivity contribution in [3.05, 3.63) is 48.0 Å². The molecule has 100 valence electrons. The first-order valence-electron chi connectivity index (χ1n) is 6.19. The smallest absolute Gasteiger partial charge is 0.335 e. The maximum atomic E-state index is 11.0. The Labute approximate surface area is 115 Å². The van der Waals surface area contributed by atoms with Gasteiger partial charge in [-0.2, -0.15) is 0 Å². The van der Waals surface area contributed by atoms with Crippen molar-refractivity contribution < 1.29 is 9.90 Å². The maximum absolute atomic E-state index is 11.0. The number of benzene rings is 2. The highest BCUT2D eigenvalue weighted by Crippen LogP contribution is 2.28. The van der Waals surface area contributed by atoms with E-state index in [1.165, 1.54) is 0 Å². The standard InChI is InChI=1S/C15H13N3O2/c1-16-13-8-9(15(19)20)6-7-10(13)14-17-11-4-2-3-5-12(11)18-14/h2-8,16H,1H3,(H,17,18)(H,19,20). The van der Waals surface area contributed by atoms with Crippen LogP contribution in [-0.4, -0.2) is 28.1 Å². The number of aromatic nitrogens is 2. The number of fused-ring (bicyclic) bond motifs is 1. The number of nitrogens with one attached hydrogen (secondary N) is 2. The number of hydrogen-bond acceptors (Lipinski definition) is 3. The fourth-order valence-electron chi connectivity index (χ4n) is 2.17. The first-order valence-corrected chi connectivity index (χ1v) is 6.19. The van der Waals surface area contributed by atoms with E-state index >= 15 is 0 Å². The van der Waals surface area contributed by atoms with E-state index in [1.807, 2.05) is 24.3 Å². The van der Waals surface area contributed by atoms with Gasteiger partial charge in [-0.3, -0.25) is 0 Å². The second-order valence-electron chi connectivity index (χ2n) is 4.42. The van der Waals surface area contributed by atoms with Crippen molar-refractivity contribution in [2.24, 2.45) is 0 Å². The fourth-order valence-corrected chi connectivity index (χ4v) is 2.17. The predicted molar refractivity (Wildman–Crippen MR) is 78.0 cm³/mol. The van der Waals surface area contributed by atoms with Gasteiger partial charge in [0.1, 0.15) is 5.82 Å². The average Bonchev–Trinajstić information content (AvgIpc) is 2.90. The Morgan fingerprint density at radius 2 is 2.05 bits per heavy atom. The van der Waals surface area contributed by atoms with Crippen LogP contribution in [0.15, 0.2) is 42.5 Å². The van der Waals surface area contributed by atoms with E-state index in [0.29, 0.717) is 5.82 Å². The van der Waals surface area contributed by atoms with E-state index in [0.717, 1.165) is 22.3 Å². The summed E-state index contributed by atoms with van der Waals surface area (Å²) in [6.07, 6.45) is 0. The van der Waals surface area contributed by atoms with Crippen molar-refractivity contribution in [2.45, 2.75) is 0 Å². The third-order valence-electron chi connectivity index (χ3n) is 3.18. The molecule has 0 saturated heterocycles. The van der Waals surface area contributed by atoms with Gasteiger partial charge in [0.15, 0.2) is 0 Å². The van der Waals surface area contributed by atoms with E-state index < -0.39 is 5.97 Å². The molecule has 0 bridgehead atoms. The van der Waals surface area contributed by atoms with E-state index in [2.05, 4.69) is 15.3 Å². The van der Waals surface area contributed by atoms with Gasteiger partial charge >= 0.3 is 5.97 Å². The Hall–Kier alpha value is -2.82. The van der Waals surface area contributed by atoms with E-state index in [9.17, 15) is 4.79 Å². The number of imidazole rings is 1. The maximum Gasteiger partial charge on any atom is 0.335 e. The van der Waals surface area contributed by atoms with Crippen LogP contribution in [0, 0.1) is 0 Å². The lowest BCUT2D eigenvalue weighted by Gasteiger charge is -2.07. The summed E-state index contributed by atoms with van der Waals surface area (Å²) in [5.41, 5.74) is 3.64. The molecular weight excluding hydrogens is 254 g/mol. The summed E-state index contributed by atoms with van der Waals surface area (Å²) >= 11 is 0. The van der Waals surface area contributed by atoms with Crippen molar-refractivity contribution in [1.82, 2.24) is 9.97 Å². The van der Waals surface area contributed by atoms with Gasteiger partial charge in [0.2, 0.25) is 0 Å². The zero-order valence-electron chi connectivity index (χ0n) is 10.8. The molecule has 0 radical (unpaired) electrons. The van der Waals surface area contributed by atoms with Gasteiger partial charge in [-0.05, 0) is 30.3 Å². The van der Waals surface area contributed by atoms with E-state index in [1.54, 1.807) is 25.2 Å². The molecule has 2 aromatic carbocycles. The van der Waals surface area contributed by atoms with Crippen LogP contribution in [0.4, 0.5) is 5.69 Å². The van der Waals surface area contributed by atoms with Crippen molar-refractivity contribution >= 4 is 22.7 Å². The first kappa shape index (κ1) is 12.2. The van der Waals surface area contributed by atoms with Crippen LogP contribution >= 0.6 is 0 Å². The summed E-state index contributed by atoms with van der Waals surface area (Å²) in [6, 6.07) is 12.7. The van der Waals surface area contributed by atoms with E-state index in [4.69, 9.17) is 5.11 Å². The molecule has 0 unspecified atom stereocenters. The molecule has 0 saturated carbocycles. The number of aromatic carboxylic acids is 1. The normalized spacial score (nSPS) is 10.7. The van der Waals surface area contributed by atoms with Gasteiger partial charge in [-0.15, -0.1) is 0 Å². The number of hydrogen-bond donors (Lipinski definition) is 3. The van der Waals surface area contributed by atoms with Crippen LogP contribution < -0.4 is 5.32 Å². The number of rotatable bonds is 3. The number of carboxylic acids is 1. The van der Waals surface area contributed by atoms with Gasteiger partial charge in [-0.1, -0.05) is 12.1 Å². The molecule has 0 fully saturated rings. The monoisotopic (exact) mass is 267 g/mol. The molecule has 0 atom stereocenters. The number of carboxylic acid groups (broad SMARTS) is 1. The molecule has 0 aliphatic carbocycles. The lowest BCUT2D eigenvalue weighted by atomic mass is 10.1. The van der Waals surface area contributed by atoms with Crippen molar-refractivity contribution in [3.63, 3.8) is 0 Å². The lowest BCUT2D eigenvalue weighted by Crippen LogP contribution is -2.00. The Morgan fingerprint density at radius 1 is 1.25 bits per heavy atom. The molecule has 0 spiro atoms. The van der Waals surface area contributed by atoms with Gasteiger partial charge in [0, 0.05) is 18.3 Å². The molecule has 3 N–H and O–H groups in total. The number of anilines is 1. The minimum absolute atomic E-state index is 0.245. The average molecular weight is 267 g/mol. The zero-order valence-corrected chi connectivity index (χ0v) is 10.8. The quantitative estimate of drug-likeness (QED) is 0.681. The van der Waals surface area contributed by atoms with Gasteiger partial charge in [0.05, 0.1) is 16.6 Å². The van der Waals surface area contributed by atoms with Crippen LogP contribution in [0.5, 0.6) is 0 Å². The Kier molecular flexibility index (Phi) is 2.87. The minimum atomic E-state index is -0.947. The number of carbonyl (C=O) groups is 1. The second-order valence-corrected chi connectivity index (χ2v) is 4.42. The number of para-hydroxylation sites is 2. The van der Waals surface area contributed by atoms with Gasteiger partial charge in [-0.25, -0.2) is 9.78 Å². The number of nitrogens with zero attached hydrogens (tertiary/aromatic N) is 1. The van der Waals surface area contributed by atoms with Crippen LogP contribution in [0.1, 0.15) is 10.4 Å². The second kappa shape index (κ2) is 4.70. The molecule has 20 heavy (non-hydrogen) atoms. The van der Waals surface area contributed by atoms with Gasteiger partial charge in [0.25, 0.3) is 0 Å². The first-order chi connectivity index (χ1) is 9.69. The highest BCUT2D eigenvalue weighted by atomic mass is 16.4. The fraction of sp³-hybridized carbons (Fsp3) is 0.0667. The molecule has 5 heteroatoms. The largest absolute Gasteiger partial charge is 0.478 e. The van der Waals surface area contributed by atoms with Crippen LogP contribution in [-0.2, 0) is 0 Å². The van der Waals surface area contributed by atoms with Crippen molar-refractivity contribution in [2.75, 3.05) is 12.4 Å². The predicted octanol–water partition coefficient (Wildman–Crippen LogP) is 2.97. The molecular formula is C15H13N3O2. The molecule has 0 aliphatic heterocycles. The van der Waals surface area contributed by atoms with E-state index in [-0.39, 0.29) is 5.56 Å². The topological polar surface area (TPSA) is 78.0 Å². The molecule has 1 heterocycles. The summed E-state index contributed by atoms with van der Waals surface area (Å²) in [7, 11) is 1.76. The van der Waals surface area contributed by atoms with Crippen LogP contribution in [0.3, 0.4) is 0 Å². The lowest BCUT2D eigenvalue weighted by molar-refractivity contribution is 0.0697. The summed E-state index contributed by atoms with van der Waals surface area (Å²) in [5.74, 6) is -0.231. The Balaban J connectivity index is 2.15. The third-order valence-corrected chi connectivity index (χ3v) is 3.18. The summed E-state index contributed by atoms with van der Waals surface area (Å²) < 4.78 is 0. The van der Waals surface area contributed by atoms with Crippen molar-refractivity contribution in [1.29, 1.82) is 0 Å². The third kappa shape index (κ3) is 1.99. The number of aromatic amines is 1. The summed E-state index contributed by atoms with van der Waals surface area (Å²) in [4.78, 5) is 18.8. The molecule has 3 rings (SSSR count). The SMILES string of the molecule is CNc1cc(C(=O)O)ccc1-c1nc2ccccc2[nH]1. The van der Waals surface area contributed by atoms with Gasteiger partial charge < -0.3 is 15.4 Å². The van der Waals surface area contributed by atoms with Crippen LogP contribution in [0.2, 0.25) is 0 Å². The minimum Gasteiger partial charge on any atom is -0.478 e. The molecule has 1 aromatic heterocycles. The zero-order chi connectivity index (χ0) is 14.1.